The average Bonchev–Trinajstić information content (AvgIpc) is 2.40. The summed E-state index contributed by atoms with van der Waals surface area (Å²) >= 11 is 0. The molecular weight excluding hydrogens is 234 g/mol. The Hall–Kier alpha value is -1.75. The van der Waals surface area contributed by atoms with Crippen LogP contribution in [0.4, 0.5) is 0 Å². The highest BCUT2D eigenvalue weighted by Crippen LogP contribution is 2.26. The van der Waals surface area contributed by atoms with Gasteiger partial charge in [-0.2, -0.15) is 0 Å². The van der Waals surface area contributed by atoms with Crippen molar-refractivity contribution in [1.82, 2.24) is 5.32 Å². The van der Waals surface area contributed by atoms with E-state index < -0.39 is 0 Å². The van der Waals surface area contributed by atoms with Crippen LogP contribution in [0.2, 0.25) is 0 Å². The first-order valence-corrected chi connectivity index (χ1v) is 6.02. The van der Waals surface area contributed by atoms with E-state index in [1.54, 1.807) is 0 Å². The zero-order valence-electron chi connectivity index (χ0n) is 10.3. The van der Waals surface area contributed by atoms with Crippen molar-refractivity contribution in [2.24, 2.45) is 0 Å². The Morgan fingerprint density at radius 3 is 2.67 bits per heavy atom. The molecule has 5 heteroatoms. The van der Waals surface area contributed by atoms with E-state index in [1.165, 1.54) is 0 Å². The van der Waals surface area contributed by atoms with Gasteiger partial charge in [0.25, 0.3) is 0 Å². The molecule has 1 fully saturated rings. The third kappa shape index (κ3) is 3.37. The number of amides is 1. The first-order valence-electron chi connectivity index (χ1n) is 6.02. The molecule has 1 aromatic carbocycles. The van der Waals surface area contributed by atoms with Gasteiger partial charge < -0.3 is 19.5 Å². The van der Waals surface area contributed by atoms with Gasteiger partial charge in [0.2, 0.25) is 5.91 Å². The number of rotatable bonds is 5. The quantitative estimate of drug-likeness (QED) is 0.847. The molecule has 0 bridgehead atoms. The van der Waals surface area contributed by atoms with E-state index in [-0.39, 0.29) is 18.6 Å². The van der Waals surface area contributed by atoms with Crippen LogP contribution in [0.3, 0.4) is 0 Å². The molecule has 1 N–H and O–H groups in total. The van der Waals surface area contributed by atoms with Crippen LogP contribution in [0.25, 0.3) is 0 Å². The maximum Gasteiger partial charge on any atom is 0.246 e. The number of carbonyl (C=O) groups excluding carboxylic acids is 1. The molecule has 1 aliphatic rings. The van der Waals surface area contributed by atoms with Crippen LogP contribution in [0.5, 0.6) is 11.5 Å². The second kappa shape index (κ2) is 6.26. The lowest BCUT2D eigenvalue weighted by Crippen LogP contribution is -2.45. The zero-order valence-corrected chi connectivity index (χ0v) is 10.3. The number of para-hydroxylation sites is 2. The molecule has 1 aliphatic heterocycles. The van der Waals surface area contributed by atoms with Crippen molar-refractivity contribution in [1.29, 1.82) is 0 Å². The summed E-state index contributed by atoms with van der Waals surface area (Å²) in [4.78, 5) is 10.9. The molecule has 1 saturated heterocycles. The predicted octanol–water partition coefficient (Wildman–Crippen LogP) is 0.979. The highest BCUT2D eigenvalue weighted by molar-refractivity contribution is 5.77. The van der Waals surface area contributed by atoms with Gasteiger partial charge >= 0.3 is 0 Å². The Balaban J connectivity index is 1.87. The van der Waals surface area contributed by atoms with Crippen molar-refractivity contribution in [2.45, 2.75) is 13.0 Å². The van der Waals surface area contributed by atoms with Gasteiger partial charge in [-0.15, -0.1) is 0 Å². The van der Waals surface area contributed by atoms with Crippen LogP contribution in [-0.2, 0) is 9.53 Å². The molecule has 5 nitrogen and oxygen atoms in total. The summed E-state index contributed by atoms with van der Waals surface area (Å²) in [5, 5.41) is 2.73. The van der Waals surface area contributed by atoms with Crippen LogP contribution in [0, 0.1) is 0 Å². The summed E-state index contributed by atoms with van der Waals surface area (Å²) < 4.78 is 16.5. The monoisotopic (exact) mass is 251 g/mol. The van der Waals surface area contributed by atoms with Crippen molar-refractivity contribution >= 4 is 5.91 Å². The Kier molecular flexibility index (Phi) is 4.41. The minimum absolute atomic E-state index is 0.0824. The van der Waals surface area contributed by atoms with Crippen LogP contribution in [0.15, 0.2) is 24.3 Å². The normalized spacial score (nSPS) is 19.2. The minimum Gasteiger partial charge on any atom is -0.490 e. The first kappa shape index (κ1) is 12.7. The van der Waals surface area contributed by atoms with E-state index >= 15 is 0 Å². The van der Waals surface area contributed by atoms with Crippen LogP contribution in [-0.4, -0.2) is 38.4 Å². The van der Waals surface area contributed by atoms with E-state index in [0.29, 0.717) is 25.5 Å². The fourth-order valence-corrected chi connectivity index (χ4v) is 1.67. The first-order chi connectivity index (χ1) is 8.79. The predicted molar refractivity (Wildman–Crippen MR) is 65.9 cm³/mol. The number of hydrogen-bond donors (Lipinski definition) is 1. The fraction of sp³-hybridized carbons (Fsp3) is 0.462. The lowest BCUT2D eigenvalue weighted by atomic mass is 10.3. The molecule has 1 amide bonds. The minimum atomic E-state index is -0.114. The van der Waals surface area contributed by atoms with Crippen molar-refractivity contribution < 1.29 is 19.0 Å². The molecule has 98 valence electrons. The van der Waals surface area contributed by atoms with Crippen molar-refractivity contribution in [3.8, 4) is 11.5 Å². The van der Waals surface area contributed by atoms with E-state index in [2.05, 4.69) is 5.32 Å². The van der Waals surface area contributed by atoms with Gasteiger partial charge in [-0.3, -0.25) is 4.79 Å². The third-order valence-corrected chi connectivity index (χ3v) is 2.55. The van der Waals surface area contributed by atoms with E-state index in [0.717, 1.165) is 5.75 Å². The largest absolute Gasteiger partial charge is 0.490 e. The summed E-state index contributed by atoms with van der Waals surface area (Å²) in [6.07, 6.45) is -0.114. The number of benzene rings is 1. The Labute approximate surface area is 106 Å². The van der Waals surface area contributed by atoms with Gasteiger partial charge in [-0.25, -0.2) is 0 Å². The molecular formula is C13H17NO4. The Bertz CT molecular complexity index is 398. The molecule has 1 aromatic rings. The van der Waals surface area contributed by atoms with E-state index in [1.807, 2.05) is 31.2 Å². The number of nitrogens with one attached hydrogen (secondary N) is 1. The molecule has 0 spiro atoms. The summed E-state index contributed by atoms with van der Waals surface area (Å²) in [5.74, 6) is 1.33. The molecule has 0 saturated carbocycles. The SMILES string of the molecule is CCOc1ccccc1OC[C@H]1CNC(=O)CO1. The summed E-state index contributed by atoms with van der Waals surface area (Å²) in [6.45, 7) is 3.49. The zero-order chi connectivity index (χ0) is 12.8. The van der Waals surface area contributed by atoms with Gasteiger partial charge in [0, 0.05) is 6.54 Å². The van der Waals surface area contributed by atoms with Gasteiger partial charge in [0.15, 0.2) is 11.5 Å². The molecule has 0 aromatic heterocycles. The Morgan fingerprint density at radius 2 is 2.06 bits per heavy atom. The van der Waals surface area contributed by atoms with Crippen molar-refractivity contribution in [3.63, 3.8) is 0 Å². The summed E-state index contributed by atoms with van der Waals surface area (Å²) in [6, 6.07) is 7.51. The van der Waals surface area contributed by atoms with Crippen molar-refractivity contribution in [2.75, 3.05) is 26.4 Å². The van der Waals surface area contributed by atoms with Gasteiger partial charge in [-0.05, 0) is 19.1 Å². The molecule has 2 rings (SSSR count). The van der Waals surface area contributed by atoms with Crippen molar-refractivity contribution in [3.05, 3.63) is 24.3 Å². The fourth-order valence-electron chi connectivity index (χ4n) is 1.67. The maximum absolute atomic E-state index is 10.9. The second-order valence-electron chi connectivity index (χ2n) is 3.93. The summed E-state index contributed by atoms with van der Waals surface area (Å²) in [5.41, 5.74) is 0. The van der Waals surface area contributed by atoms with Crippen LogP contribution >= 0.6 is 0 Å². The number of carbonyl (C=O) groups is 1. The van der Waals surface area contributed by atoms with Gasteiger partial charge in [-0.1, -0.05) is 12.1 Å². The summed E-state index contributed by atoms with van der Waals surface area (Å²) in [7, 11) is 0. The lowest BCUT2D eigenvalue weighted by Gasteiger charge is -2.23. The van der Waals surface area contributed by atoms with Crippen LogP contribution < -0.4 is 14.8 Å². The number of hydrogen-bond acceptors (Lipinski definition) is 4. The molecule has 0 radical (unpaired) electrons. The van der Waals surface area contributed by atoms with Gasteiger partial charge in [0.05, 0.1) is 6.61 Å². The molecule has 1 heterocycles. The third-order valence-electron chi connectivity index (χ3n) is 2.55. The topological polar surface area (TPSA) is 56.8 Å². The number of morpholine rings is 1. The highest BCUT2D eigenvalue weighted by atomic mass is 16.5. The van der Waals surface area contributed by atoms with E-state index in [4.69, 9.17) is 14.2 Å². The standard InChI is InChI=1S/C13H17NO4/c1-2-16-11-5-3-4-6-12(11)18-8-10-7-14-13(15)9-17-10/h3-6,10H,2,7-9H2,1H3,(H,14,15)/t10-/m1/s1. The van der Waals surface area contributed by atoms with Crippen LogP contribution in [0.1, 0.15) is 6.92 Å². The molecule has 1 atom stereocenters. The molecule has 0 unspecified atom stereocenters. The van der Waals surface area contributed by atoms with Gasteiger partial charge in [0.1, 0.15) is 19.3 Å². The molecule has 0 aliphatic carbocycles. The maximum atomic E-state index is 10.9. The molecule has 18 heavy (non-hydrogen) atoms. The smallest absolute Gasteiger partial charge is 0.246 e. The average molecular weight is 251 g/mol. The number of ether oxygens (including phenoxy) is 3. The highest BCUT2D eigenvalue weighted by Gasteiger charge is 2.19. The second-order valence-corrected chi connectivity index (χ2v) is 3.93. The van der Waals surface area contributed by atoms with E-state index in [9.17, 15) is 4.79 Å². The Morgan fingerprint density at radius 1 is 1.33 bits per heavy atom. The lowest BCUT2D eigenvalue weighted by molar-refractivity contribution is -0.134.